The molecule has 2 aliphatic carbocycles. The molecule has 1 aromatic rings. The first-order valence-corrected chi connectivity index (χ1v) is 8.06. The van der Waals surface area contributed by atoms with Gasteiger partial charge in [-0.2, -0.15) is 0 Å². The van der Waals surface area contributed by atoms with Crippen LogP contribution in [0.25, 0.3) is 0 Å². The van der Waals surface area contributed by atoms with Crippen LogP contribution in [0.5, 0.6) is 0 Å². The van der Waals surface area contributed by atoms with Crippen molar-refractivity contribution in [2.45, 2.75) is 45.1 Å². The fraction of sp³-hybridized carbons (Fsp3) is 0.588. The molecule has 0 radical (unpaired) electrons. The van der Waals surface area contributed by atoms with E-state index in [0.717, 1.165) is 11.8 Å². The van der Waals surface area contributed by atoms with E-state index in [-0.39, 0.29) is 24.1 Å². The van der Waals surface area contributed by atoms with Crippen molar-refractivity contribution in [3.8, 4) is 0 Å². The fourth-order valence-electron chi connectivity index (χ4n) is 4.33. The molecular weight excluding hydrogens is 280 g/mol. The summed E-state index contributed by atoms with van der Waals surface area (Å²) >= 11 is 0. The van der Waals surface area contributed by atoms with Crippen LogP contribution in [-0.4, -0.2) is 16.9 Å². The van der Waals surface area contributed by atoms with Crippen LogP contribution in [0.3, 0.4) is 0 Å². The number of benzene rings is 1. The van der Waals surface area contributed by atoms with E-state index in [0.29, 0.717) is 11.5 Å². The molecule has 2 fully saturated rings. The smallest absolute Gasteiger partial charge is 0.273 e. The zero-order valence-electron chi connectivity index (χ0n) is 12.8. The first kappa shape index (κ1) is 15.0. The lowest BCUT2D eigenvalue weighted by Gasteiger charge is -2.28. The Kier molecular flexibility index (Phi) is 4.14. The van der Waals surface area contributed by atoms with E-state index in [1.807, 2.05) is 0 Å². The van der Waals surface area contributed by atoms with Gasteiger partial charge in [0.2, 0.25) is 5.91 Å². The van der Waals surface area contributed by atoms with Gasteiger partial charge in [-0.05, 0) is 43.9 Å². The molecule has 1 aromatic carbocycles. The number of carbonyl (C=O) groups is 1. The lowest BCUT2D eigenvalue weighted by atomic mass is 9.84. The summed E-state index contributed by atoms with van der Waals surface area (Å²) in [5.74, 6) is 2.06. The summed E-state index contributed by atoms with van der Waals surface area (Å²) in [7, 11) is 0. The summed E-state index contributed by atoms with van der Waals surface area (Å²) in [6.45, 7) is 2.07. The molecule has 0 aliphatic heterocycles. The van der Waals surface area contributed by atoms with E-state index in [1.54, 1.807) is 18.2 Å². The van der Waals surface area contributed by atoms with Crippen LogP contribution in [-0.2, 0) is 11.2 Å². The average molecular weight is 302 g/mol. The number of amides is 1. The third kappa shape index (κ3) is 2.98. The number of rotatable bonds is 5. The number of nitro benzene ring substituents is 1. The third-order valence-corrected chi connectivity index (χ3v) is 5.36. The topological polar surface area (TPSA) is 72.2 Å². The van der Waals surface area contributed by atoms with E-state index in [2.05, 4.69) is 12.2 Å². The summed E-state index contributed by atoms with van der Waals surface area (Å²) in [4.78, 5) is 22.8. The number of para-hydroxylation sites is 1. The molecular formula is C17H22N2O3. The highest BCUT2D eigenvalue weighted by Crippen LogP contribution is 2.49. The van der Waals surface area contributed by atoms with Crippen molar-refractivity contribution in [3.63, 3.8) is 0 Å². The molecule has 5 heteroatoms. The molecule has 0 heterocycles. The Balaban J connectivity index is 1.60. The Morgan fingerprint density at radius 1 is 1.36 bits per heavy atom. The molecule has 5 nitrogen and oxygen atoms in total. The van der Waals surface area contributed by atoms with Gasteiger partial charge in [-0.25, -0.2) is 0 Å². The summed E-state index contributed by atoms with van der Waals surface area (Å²) in [6, 6.07) is 6.61. The molecule has 118 valence electrons. The molecule has 1 amide bonds. The van der Waals surface area contributed by atoms with Gasteiger partial charge in [0.05, 0.1) is 11.3 Å². The summed E-state index contributed by atoms with van der Waals surface area (Å²) in [6.07, 6.45) is 5.24. The van der Waals surface area contributed by atoms with Gasteiger partial charge in [-0.15, -0.1) is 0 Å². The van der Waals surface area contributed by atoms with Gasteiger partial charge in [-0.1, -0.05) is 24.6 Å². The van der Waals surface area contributed by atoms with Crippen molar-refractivity contribution in [1.82, 2.24) is 5.32 Å². The van der Waals surface area contributed by atoms with E-state index in [1.165, 1.54) is 31.7 Å². The number of nitrogens with zero attached hydrogens (tertiary/aromatic N) is 1. The highest BCUT2D eigenvalue weighted by Gasteiger charge is 2.42. The molecule has 0 aromatic heterocycles. The quantitative estimate of drug-likeness (QED) is 0.671. The van der Waals surface area contributed by atoms with Gasteiger partial charge in [0.15, 0.2) is 0 Å². The van der Waals surface area contributed by atoms with Gasteiger partial charge in [0.25, 0.3) is 5.69 Å². The minimum atomic E-state index is -0.429. The number of hydrogen-bond acceptors (Lipinski definition) is 3. The molecule has 2 bridgehead atoms. The van der Waals surface area contributed by atoms with Crippen LogP contribution >= 0.6 is 0 Å². The number of nitrogens with one attached hydrogen (secondary N) is 1. The maximum absolute atomic E-state index is 12.2. The van der Waals surface area contributed by atoms with E-state index in [9.17, 15) is 14.9 Å². The van der Waals surface area contributed by atoms with Gasteiger partial charge in [0.1, 0.15) is 0 Å². The van der Waals surface area contributed by atoms with Crippen LogP contribution in [0, 0.1) is 27.9 Å². The second kappa shape index (κ2) is 6.07. The molecule has 0 saturated heterocycles. The minimum absolute atomic E-state index is 0.0187. The van der Waals surface area contributed by atoms with Crippen molar-refractivity contribution < 1.29 is 9.72 Å². The summed E-state index contributed by atoms with van der Waals surface area (Å²) in [5, 5.41) is 14.1. The molecule has 2 aliphatic rings. The molecule has 3 rings (SSSR count). The van der Waals surface area contributed by atoms with Gasteiger partial charge < -0.3 is 5.32 Å². The van der Waals surface area contributed by atoms with Crippen molar-refractivity contribution in [3.05, 3.63) is 39.9 Å². The first-order chi connectivity index (χ1) is 10.5. The Morgan fingerprint density at radius 3 is 2.77 bits per heavy atom. The Morgan fingerprint density at radius 2 is 2.14 bits per heavy atom. The maximum Gasteiger partial charge on any atom is 0.273 e. The van der Waals surface area contributed by atoms with Crippen molar-refractivity contribution in [2.24, 2.45) is 17.8 Å². The predicted molar refractivity (Wildman–Crippen MR) is 83.3 cm³/mol. The van der Waals surface area contributed by atoms with Gasteiger partial charge >= 0.3 is 0 Å². The average Bonchev–Trinajstić information content (AvgIpc) is 3.10. The van der Waals surface area contributed by atoms with E-state index < -0.39 is 4.92 Å². The Bertz CT molecular complexity index is 587. The Labute approximate surface area is 130 Å². The molecule has 0 spiro atoms. The van der Waals surface area contributed by atoms with Crippen LogP contribution in [0.4, 0.5) is 5.69 Å². The number of fused-ring (bicyclic) bond motifs is 2. The normalized spacial score (nSPS) is 27.6. The molecule has 2 saturated carbocycles. The maximum atomic E-state index is 12.2. The highest BCUT2D eigenvalue weighted by atomic mass is 16.6. The molecule has 0 unspecified atom stereocenters. The number of hydrogen-bond donors (Lipinski definition) is 1. The number of nitro groups is 1. The first-order valence-electron chi connectivity index (χ1n) is 8.06. The van der Waals surface area contributed by atoms with E-state index >= 15 is 0 Å². The fourth-order valence-corrected chi connectivity index (χ4v) is 4.33. The highest BCUT2D eigenvalue weighted by molar-refractivity contribution is 5.80. The van der Waals surface area contributed by atoms with Gasteiger partial charge in [-0.3, -0.25) is 14.9 Å². The molecule has 22 heavy (non-hydrogen) atoms. The lowest BCUT2D eigenvalue weighted by Crippen LogP contribution is -2.40. The summed E-state index contributed by atoms with van der Waals surface area (Å²) < 4.78 is 0. The van der Waals surface area contributed by atoms with Crippen molar-refractivity contribution >= 4 is 11.6 Å². The van der Waals surface area contributed by atoms with E-state index in [4.69, 9.17) is 0 Å². The second-order valence-electron chi connectivity index (χ2n) is 6.76. The standard InChI is InChI=1S/C17H22N2O3/c1-11(15-9-12-6-7-13(15)8-12)18-17(20)10-14-4-2-3-5-16(14)19(21)22/h2-5,11-13,15H,6-10H2,1H3,(H,18,20)/t11-,12+,13+,15-/m1/s1. The lowest BCUT2D eigenvalue weighted by molar-refractivity contribution is -0.385. The van der Waals surface area contributed by atoms with Crippen molar-refractivity contribution in [1.29, 1.82) is 0 Å². The number of carbonyl (C=O) groups excluding carboxylic acids is 1. The minimum Gasteiger partial charge on any atom is -0.353 e. The monoisotopic (exact) mass is 302 g/mol. The van der Waals surface area contributed by atoms with Crippen molar-refractivity contribution in [2.75, 3.05) is 0 Å². The third-order valence-electron chi connectivity index (χ3n) is 5.36. The Hall–Kier alpha value is -1.91. The second-order valence-corrected chi connectivity index (χ2v) is 6.76. The largest absolute Gasteiger partial charge is 0.353 e. The zero-order chi connectivity index (χ0) is 15.7. The SMILES string of the molecule is C[C@@H](NC(=O)Cc1ccccc1[N+](=O)[O-])[C@H]1C[C@H]2CC[C@H]1C2. The summed E-state index contributed by atoms with van der Waals surface area (Å²) in [5.41, 5.74) is 0.496. The van der Waals surface area contributed by atoms with Crippen LogP contribution in [0.1, 0.15) is 38.2 Å². The van der Waals surface area contributed by atoms with Crippen LogP contribution in [0.15, 0.2) is 24.3 Å². The zero-order valence-corrected chi connectivity index (χ0v) is 12.8. The van der Waals surface area contributed by atoms with Gasteiger partial charge in [0, 0.05) is 17.7 Å². The van der Waals surface area contributed by atoms with Crippen LogP contribution in [0.2, 0.25) is 0 Å². The molecule has 1 N–H and O–H groups in total. The van der Waals surface area contributed by atoms with Crippen LogP contribution < -0.4 is 5.32 Å². The predicted octanol–water partition coefficient (Wildman–Crippen LogP) is 3.08. The molecule has 4 atom stereocenters.